The summed E-state index contributed by atoms with van der Waals surface area (Å²) in [4.78, 5) is 12.0. The van der Waals surface area contributed by atoms with E-state index in [0.29, 0.717) is 10.6 Å². The van der Waals surface area contributed by atoms with Gasteiger partial charge in [-0.25, -0.2) is 0 Å². The smallest absolute Gasteiger partial charge is 0.251 e. The van der Waals surface area contributed by atoms with Gasteiger partial charge in [-0.2, -0.15) is 11.3 Å². The molecule has 0 spiro atoms. The molecule has 2 rings (SSSR count). The minimum Gasteiger partial charge on any atom is -0.387 e. The first-order chi connectivity index (χ1) is 9.08. The van der Waals surface area contributed by atoms with Crippen molar-refractivity contribution < 1.29 is 9.90 Å². The molecule has 5 heteroatoms. The van der Waals surface area contributed by atoms with Gasteiger partial charge in [0.1, 0.15) is 0 Å². The number of thiophene rings is 1. The van der Waals surface area contributed by atoms with Crippen LogP contribution in [-0.4, -0.2) is 17.6 Å². The number of nitrogens with one attached hydrogen (secondary N) is 1. The fourth-order valence-electron chi connectivity index (χ4n) is 1.71. The van der Waals surface area contributed by atoms with Crippen molar-refractivity contribution >= 4 is 28.8 Å². The van der Waals surface area contributed by atoms with Crippen molar-refractivity contribution in [2.24, 2.45) is 0 Å². The molecule has 2 aromatic rings. The van der Waals surface area contributed by atoms with Gasteiger partial charge in [-0.15, -0.1) is 0 Å². The van der Waals surface area contributed by atoms with Crippen LogP contribution in [0.3, 0.4) is 0 Å². The summed E-state index contributed by atoms with van der Waals surface area (Å²) < 4.78 is 0. The fraction of sp³-hybridized carbons (Fsp3) is 0.214. The van der Waals surface area contributed by atoms with Crippen LogP contribution in [0.1, 0.15) is 27.6 Å². The molecule has 0 bridgehead atoms. The third-order valence-corrected chi connectivity index (χ3v) is 3.76. The second-order valence-electron chi connectivity index (χ2n) is 4.24. The number of aryl methyl sites for hydroxylation is 1. The highest BCUT2D eigenvalue weighted by Gasteiger charge is 2.13. The number of halogens is 1. The van der Waals surface area contributed by atoms with E-state index in [0.717, 1.165) is 11.1 Å². The summed E-state index contributed by atoms with van der Waals surface area (Å²) in [7, 11) is 0. The lowest BCUT2D eigenvalue weighted by Gasteiger charge is -2.12. The number of benzene rings is 1. The van der Waals surface area contributed by atoms with E-state index in [1.165, 1.54) is 11.3 Å². The monoisotopic (exact) mass is 295 g/mol. The van der Waals surface area contributed by atoms with Crippen LogP contribution >= 0.6 is 22.9 Å². The summed E-state index contributed by atoms with van der Waals surface area (Å²) in [5, 5.41) is 16.9. The third-order valence-electron chi connectivity index (χ3n) is 2.83. The van der Waals surface area contributed by atoms with E-state index < -0.39 is 6.10 Å². The number of rotatable bonds is 4. The number of hydrogen-bond donors (Lipinski definition) is 2. The Labute approximate surface area is 120 Å². The molecule has 0 aliphatic carbocycles. The summed E-state index contributed by atoms with van der Waals surface area (Å²) in [5.74, 6) is -0.228. The minimum atomic E-state index is -0.685. The van der Waals surface area contributed by atoms with Gasteiger partial charge >= 0.3 is 0 Å². The van der Waals surface area contributed by atoms with E-state index in [1.807, 2.05) is 23.8 Å². The van der Waals surface area contributed by atoms with Crippen LogP contribution in [0.25, 0.3) is 0 Å². The van der Waals surface area contributed by atoms with Crippen LogP contribution in [0.2, 0.25) is 5.02 Å². The van der Waals surface area contributed by atoms with E-state index in [2.05, 4.69) is 5.32 Å². The number of hydrogen-bond acceptors (Lipinski definition) is 3. The number of aliphatic hydroxyl groups is 1. The zero-order valence-corrected chi connectivity index (χ0v) is 12.0. The van der Waals surface area contributed by atoms with Crippen LogP contribution in [-0.2, 0) is 0 Å². The molecule has 3 nitrogen and oxygen atoms in total. The topological polar surface area (TPSA) is 49.3 Å². The van der Waals surface area contributed by atoms with Gasteiger partial charge in [0.2, 0.25) is 0 Å². The molecule has 0 fully saturated rings. The van der Waals surface area contributed by atoms with Crippen molar-refractivity contribution in [3.05, 3.63) is 56.7 Å². The van der Waals surface area contributed by atoms with Crippen molar-refractivity contribution in [1.29, 1.82) is 0 Å². The standard InChI is InChI=1S/C14H14ClNO2S/c1-9-2-3-11(15)6-12(9)14(18)16-7-13(17)10-4-5-19-8-10/h2-6,8,13,17H,7H2,1H3,(H,16,18). The van der Waals surface area contributed by atoms with E-state index in [-0.39, 0.29) is 12.5 Å². The first kappa shape index (κ1) is 14.1. The lowest BCUT2D eigenvalue weighted by molar-refractivity contribution is 0.0916. The Kier molecular flexibility index (Phi) is 4.58. The third kappa shape index (κ3) is 3.56. The zero-order chi connectivity index (χ0) is 13.8. The predicted octanol–water partition coefficient (Wildman–Crippen LogP) is 3.17. The lowest BCUT2D eigenvalue weighted by Crippen LogP contribution is -2.28. The van der Waals surface area contributed by atoms with Crippen molar-refractivity contribution in [2.75, 3.05) is 6.54 Å². The van der Waals surface area contributed by atoms with Crippen LogP contribution < -0.4 is 5.32 Å². The van der Waals surface area contributed by atoms with E-state index in [9.17, 15) is 9.90 Å². The molecule has 0 aliphatic rings. The summed E-state index contributed by atoms with van der Waals surface area (Å²) in [6.07, 6.45) is -0.685. The molecular formula is C14H14ClNO2S. The number of aliphatic hydroxyl groups excluding tert-OH is 1. The van der Waals surface area contributed by atoms with Crippen molar-refractivity contribution in [2.45, 2.75) is 13.0 Å². The highest BCUT2D eigenvalue weighted by Crippen LogP contribution is 2.17. The molecular weight excluding hydrogens is 282 g/mol. The Hall–Kier alpha value is -1.36. The van der Waals surface area contributed by atoms with Gasteiger partial charge < -0.3 is 10.4 Å². The van der Waals surface area contributed by atoms with Crippen LogP contribution in [0.5, 0.6) is 0 Å². The van der Waals surface area contributed by atoms with Gasteiger partial charge in [-0.1, -0.05) is 17.7 Å². The highest BCUT2D eigenvalue weighted by atomic mass is 35.5. The molecule has 2 N–H and O–H groups in total. The summed E-state index contributed by atoms with van der Waals surface area (Å²) in [6.45, 7) is 2.03. The first-order valence-electron chi connectivity index (χ1n) is 5.82. The van der Waals surface area contributed by atoms with Crippen LogP contribution in [0.4, 0.5) is 0 Å². The van der Waals surface area contributed by atoms with E-state index in [1.54, 1.807) is 18.2 Å². The molecule has 1 aromatic heterocycles. The second-order valence-corrected chi connectivity index (χ2v) is 5.46. The Morgan fingerprint density at radius 3 is 2.95 bits per heavy atom. The maximum Gasteiger partial charge on any atom is 0.251 e. The Bertz CT molecular complexity index is 569. The first-order valence-corrected chi connectivity index (χ1v) is 7.14. The van der Waals surface area contributed by atoms with E-state index >= 15 is 0 Å². The average Bonchev–Trinajstić information content (AvgIpc) is 2.92. The molecule has 1 atom stereocenters. The SMILES string of the molecule is Cc1ccc(Cl)cc1C(=O)NCC(O)c1ccsc1. The van der Waals surface area contributed by atoms with Gasteiger partial charge in [0.25, 0.3) is 5.91 Å². The molecule has 1 amide bonds. The molecule has 19 heavy (non-hydrogen) atoms. The second kappa shape index (κ2) is 6.19. The Morgan fingerprint density at radius 2 is 2.26 bits per heavy atom. The predicted molar refractivity (Wildman–Crippen MR) is 77.8 cm³/mol. The highest BCUT2D eigenvalue weighted by molar-refractivity contribution is 7.07. The lowest BCUT2D eigenvalue weighted by atomic mass is 10.1. The van der Waals surface area contributed by atoms with Crippen molar-refractivity contribution in [1.82, 2.24) is 5.32 Å². The summed E-state index contributed by atoms with van der Waals surface area (Å²) in [6, 6.07) is 7.01. The van der Waals surface area contributed by atoms with Gasteiger partial charge in [-0.05, 0) is 47.0 Å². The normalized spacial score (nSPS) is 12.2. The van der Waals surface area contributed by atoms with Gasteiger partial charge in [0.15, 0.2) is 0 Å². The van der Waals surface area contributed by atoms with Crippen LogP contribution in [0, 0.1) is 6.92 Å². The Balaban J connectivity index is 2.00. The minimum absolute atomic E-state index is 0.182. The maximum absolute atomic E-state index is 12.0. The van der Waals surface area contributed by atoms with Crippen molar-refractivity contribution in [3.8, 4) is 0 Å². The molecule has 0 saturated heterocycles. The molecule has 100 valence electrons. The van der Waals surface area contributed by atoms with E-state index in [4.69, 9.17) is 11.6 Å². The van der Waals surface area contributed by atoms with Gasteiger partial charge in [0.05, 0.1) is 6.10 Å². The summed E-state index contributed by atoms with van der Waals surface area (Å²) >= 11 is 7.39. The van der Waals surface area contributed by atoms with Gasteiger partial charge in [0, 0.05) is 17.1 Å². The number of amides is 1. The molecule has 0 aliphatic heterocycles. The molecule has 0 saturated carbocycles. The quantitative estimate of drug-likeness (QED) is 0.910. The van der Waals surface area contributed by atoms with Crippen LogP contribution in [0.15, 0.2) is 35.0 Å². The number of carbonyl (C=O) groups excluding carboxylic acids is 1. The van der Waals surface area contributed by atoms with Gasteiger partial charge in [-0.3, -0.25) is 4.79 Å². The number of carbonyl (C=O) groups is 1. The zero-order valence-electron chi connectivity index (χ0n) is 10.4. The summed E-state index contributed by atoms with van der Waals surface area (Å²) in [5.41, 5.74) is 2.20. The fourth-order valence-corrected chi connectivity index (χ4v) is 2.59. The van der Waals surface area contributed by atoms with Crippen molar-refractivity contribution in [3.63, 3.8) is 0 Å². The molecule has 1 unspecified atom stereocenters. The molecule has 1 heterocycles. The largest absolute Gasteiger partial charge is 0.387 e. The average molecular weight is 296 g/mol. The maximum atomic E-state index is 12.0. The molecule has 1 aromatic carbocycles. The molecule has 0 radical (unpaired) electrons. The Morgan fingerprint density at radius 1 is 1.47 bits per heavy atom.